The van der Waals surface area contributed by atoms with Crippen LogP contribution < -0.4 is 15.5 Å². The number of aliphatic hydroxyl groups excluding tert-OH is 1. The molecule has 2 aromatic carbocycles. The Labute approximate surface area is 261 Å². The van der Waals surface area contributed by atoms with Crippen LogP contribution in [0.5, 0.6) is 0 Å². The van der Waals surface area contributed by atoms with Crippen LogP contribution in [-0.2, 0) is 20.9 Å². The van der Waals surface area contributed by atoms with Gasteiger partial charge in [-0.15, -0.1) is 11.8 Å². The van der Waals surface area contributed by atoms with Crippen LogP contribution in [0, 0.1) is 11.8 Å². The van der Waals surface area contributed by atoms with Gasteiger partial charge in [0.15, 0.2) is 0 Å². The fraction of sp³-hybridized carbons (Fsp3) is 0.531. The van der Waals surface area contributed by atoms with Gasteiger partial charge in [0.25, 0.3) is 0 Å². The maximum atomic E-state index is 14.2. The van der Waals surface area contributed by atoms with Crippen LogP contribution in [-0.4, -0.2) is 74.8 Å². The minimum atomic E-state index is -0.688. The van der Waals surface area contributed by atoms with Gasteiger partial charge in [-0.3, -0.25) is 14.4 Å². The highest BCUT2D eigenvalue weighted by atomic mass is 79.9. The van der Waals surface area contributed by atoms with Crippen LogP contribution in [0.2, 0.25) is 0 Å². The summed E-state index contributed by atoms with van der Waals surface area (Å²) >= 11 is 5.48. The van der Waals surface area contributed by atoms with Crippen molar-refractivity contribution in [3.8, 4) is 0 Å². The lowest BCUT2D eigenvalue weighted by Gasteiger charge is -2.35. The number of carbonyl (C=O) groups excluding carboxylic acids is 3. The summed E-state index contributed by atoms with van der Waals surface area (Å²) in [6, 6.07) is 16.9. The number of aliphatic hydroxyl groups is 1. The first kappa shape index (κ1) is 30.9. The molecule has 8 nitrogen and oxygen atoms in total. The number of rotatable bonds is 13. The van der Waals surface area contributed by atoms with Crippen molar-refractivity contribution in [2.75, 3.05) is 36.5 Å². The molecule has 0 saturated carbocycles. The van der Waals surface area contributed by atoms with E-state index in [0.717, 1.165) is 30.8 Å². The number of nitrogens with zero attached hydrogens (tertiary/aromatic N) is 2. The van der Waals surface area contributed by atoms with Crippen LogP contribution in [0.3, 0.4) is 0 Å². The minimum Gasteiger partial charge on any atom is -0.396 e. The van der Waals surface area contributed by atoms with E-state index in [0.29, 0.717) is 38.0 Å². The largest absolute Gasteiger partial charge is 0.396 e. The zero-order chi connectivity index (χ0) is 29.9. The van der Waals surface area contributed by atoms with Crippen molar-refractivity contribution in [1.82, 2.24) is 10.2 Å². The molecule has 3 amide bonds. The molecule has 3 aliphatic heterocycles. The Morgan fingerprint density at radius 3 is 2.43 bits per heavy atom. The van der Waals surface area contributed by atoms with Crippen LogP contribution in [0.15, 0.2) is 54.6 Å². The highest BCUT2D eigenvalue weighted by Crippen LogP contribution is 2.67. The van der Waals surface area contributed by atoms with E-state index in [2.05, 4.69) is 45.3 Å². The Hall–Kier alpha value is -2.56. The Bertz CT molecular complexity index is 1260. The molecule has 2 bridgehead atoms. The summed E-state index contributed by atoms with van der Waals surface area (Å²) in [4.78, 5) is 46.0. The molecule has 2 aromatic rings. The van der Waals surface area contributed by atoms with Gasteiger partial charge in [-0.25, -0.2) is 0 Å². The standard InChI is InChI=1S/C32H41BrN4O4S/c1-3-36(4-2)23-15-13-22(14-16-23)35-30(40)28-32-19-24(33)27(42-32)25(29(39)34-20-21-11-7-5-8-12-21)26(32)31(41)37(28)17-9-6-10-18-38/h5,7-8,11-16,24-28,38H,3-4,6,9-10,17-20H2,1-2H3,(H,34,39)(H,35,40)/t24?,25-,26-,27-,28?,32?/m0/s1. The summed E-state index contributed by atoms with van der Waals surface area (Å²) in [7, 11) is 0. The third kappa shape index (κ3) is 5.82. The Morgan fingerprint density at radius 2 is 1.76 bits per heavy atom. The minimum absolute atomic E-state index is 0.0250. The fourth-order valence-corrected chi connectivity index (χ4v) is 10.6. The van der Waals surface area contributed by atoms with Crippen molar-refractivity contribution in [3.63, 3.8) is 0 Å². The molecule has 10 heteroatoms. The second-order valence-electron chi connectivity index (χ2n) is 11.4. The van der Waals surface area contributed by atoms with Crippen LogP contribution in [0.25, 0.3) is 0 Å². The summed E-state index contributed by atoms with van der Waals surface area (Å²) in [5.74, 6) is -1.52. The van der Waals surface area contributed by atoms with E-state index < -0.39 is 22.6 Å². The predicted molar refractivity (Wildman–Crippen MR) is 172 cm³/mol. The number of anilines is 2. The van der Waals surface area contributed by atoms with Gasteiger partial charge in [0.1, 0.15) is 6.04 Å². The zero-order valence-electron chi connectivity index (χ0n) is 24.3. The van der Waals surface area contributed by atoms with Crippen molar-refractivity contribution < 1.29 is 19.5 Å². The van der Waals surface area contributed by atoms with E-state index in [1.54, 1.807) is 16.7 Å². The Balaban J connectivity index is 1.40. The van der Waals surface area contributed by atoms with Crippen molar-refractivity contribution >= 4 is 56.8 Å². The first-order valence-corrected chi connectivity index (χ1v) is 16.8. The van der Waals surface area contributed by atoms with E-state index in [1.807, 2.05) is 54.6 Å². The predicted octanol–water partition coefficient (Wildman–Crippen LogP) is 4.41. The molecule has 1 spiro atoms. The number of benzene rings is 2. The van der Waals surface area contributed by atoms with Crippen LogP contribution in [0.1, 0.15) is 45.1 Å². The quantitative estimate of drug-likeness (QED) is 0.218. The molecule has 3 N–H and O–H groups in total. The molecule has 0 radical (unpaired) electrons. The van der Waals surface area contributed by atoms with Gasteiger partial charge in [0, 0.05) is 54.2 Å². The number of halogens is 1. The second kappa shape index (κ2) is 13.4. The van der Waals surface area contributed by atoms with Gasteiger partial charge in [0.05, 0.1) is 16.6 Å². The maximum Gasteiger partial charge on any atom is 0.248 e. The van der Waals surface area contributed by atoms with Crippen molar-refractivity contribution in [3.05, 3.63) is 60.2 Å². The molecular formula is C32H41BrN4O4S. The summed E-state index contributed by atoms with van der Waals surface area (Å²) in [6.45, 7) is 6.93. The first-order chi connectivity index (χ1) is 20.3. The number of nitrogens with one attached hydrogen (secondary N) is 2. The molecule has 3 saturated heterocycles. The molecule has 6 atom stereocenters. The van der Waals surface area contributed by atoms with Gasteiger partial charge >= 0.3 is 0 Å². The van der Waals surface area contributed by atoms with Crippen LogP contribution in [0.4, 0.5) is 11.4 Å². The molecule has 3 heterocycles. The van der Waals surface area contributed by atoms with Crippen molar-refractivity contribution in [2.45, 2.75) is 66.9 Å². The molecule has 0 aliphatic carbocycles. The number of hydrogen-bond donors (Lipinski definition) is 3. The molecule has 0 aromatic heterocycles. The Kier molecular flexibility index (Phi) is 9.84. The number of unbranched alkanes of at least 4 members (excludes halogenated alkanes) is 2. The summed E-state index contributed by atoms with van der Waals surface area (Å²) in [5.41, 5.74) is 2.78. The van der Waals surface area contributed by atoms with E-state index >= 15 is 0 Å². The number of fused-ring (bicyclic) bond motifs is 1. The average molecular weight is 658 g/mol. The van der Waals surface area contributed by atoms with E-state index in [9.17, 15) is 19.5 Å². The molecule has 3 aliphatic rings. The number of carbonyl (C=O) groups is 3. The van der Waals surface area contributed by atoms with Crippen LogP contribution >= 0.6 is 27.7 Å². The molecule has 3 unspecified atom stereocenters. The number of likely N-dealkylation sites (tertiary alicyclic amines) is 1. The highest BCUT2D eigenvalue weighted by Gasteiger charge is 2.75. The lowest BCUT2D eigenvalue weighted by Crippen LogP contribution is -2.53. The number of alkyl halides is 1. The van der Waals surface area contributed by atoms with Gasteiger partial charge in [-0.1, -0.05) is 46.3 Å². The van der Waals surface area contributed by atoms with Gasteiger partial charge in [-0.05, 0) is 69.4 Å². The summed E-state index contributed by atoms with van der Waals surface area (Å²) in [6.07, 6.45) is 2.75. The molecule has 42 heavy (non-hydrogen) atoms. The molecule has 226 valence electrons. The summed E-state index contributed by atoms with van der Waals surface area (Å²) in [5, 5.41) is 15.4. The van der Waals surface area contributed by atoms with E-state index in [1.165, 1.54) is 0 Å². The third-order valence-corrected chi connectivity index (χ3v) is 12.2. The van der Waals surface area contributed by atoms with Gasteiger partial charge < -0.3 is 25.5 Å². The number of amides is 3. The zero-order valence-corrected chi connectivity index (χ0v) is 26.7. The fourth-order valence-electron chi connectivity index (χ4n) is 7.00. The lowest BCUT2D eigenvalue weighted by atomic mass is 9.70. The van der Waals surface area contributed by atoms with E-state index in [4.69, 9.17) is 0 Å². The van der Waals surface area contributed by atoms with Crippen molar-refractivity contribution in [1.29, 1.82) is 0 Å². The first-order valence-electron chi connectivity index (χ1n) is 15.0. The molecular weight excluding hydrogens is 616 g/mol. The second-order valence-corrected chi connectivity index (χ2v) is 14.1. The number of thioether (sulfide) groups is 1. The van der Waals surface area contributed by atoms with Crippen molar-refractivity contribution in [2.24, 2.45) is 11.8 Å². The van der Waals surface area contributed by atoms with Gasteiger partial charge in [-0.2, -0.15) is 0 Å². The lowest BCUT2D eigenvalue weighted by molar-refractivity contribution is -0.139. The van der Waals surface area contributed by atoms with Gasteiger partial charge in [0.2, 0.25) is 17.7 Å². The normalized spacial score (nSPS) is 27.7. The number of hydrogen-bond acceptors (Lipinski definition) is 6. The maximum absolute atomic E-state index is 14.2. The molecule has 5 rings (SSSR count). The average Bonchev–Trinajstić information content (AvgIpc) is 3.59. The molecule has 3 fully saturated rings. The smallest absolute Gasteiger partial charge is 0.248 e. The van der Waals surface area contributed by atoms with E-state index in [-0.39, 0.29) is 34.4 Å². The Morgan fingerprint density at radius 1 is 1.05 bits per heavy atom. The highest BCUT2D eigenvalue weighted by molar-refractivity contribution is 9.09. The third-order valence-electron chi connectivity index (χ3n) is 8.97. The summed E-state index contributed by atoms with van der Waals surface area (Å²) < 4.78 is -0.688. The topological polar surface area (TPSA) is 102 Å². The monoisotopic (exact) mass is 656 g/mol. The SMILES string of the molecule is CCN(CC)c1ccc(NC(=O)C2N(CCCCCO)C(=O)[C@@H]3[C@H](C(=O)NCc4ccccc4)[C@H]4SC23CC4Br)cc1.